The molecule has 8 heteroatoms. The number of amides is 1. The first-order valence-electron chi connectivity index (χ1n) is 11.8. The van der Waals surface area contributed by atoms with Crippen LogP contribution in [0.15, 0.2) is 30.3 Å². The lowest BCUT2D eigenvalue weighted by Crippen LogP contribution is -2.56. The predicted octanol–water partition coefficient (Wildman–Crippen LogP) is 4.56. The molecule has 6 rings (SSSR count). The molecular formula is C25H29F3N4O. The number of fused-ring (bicyclic) bond motifs is 3. The minimum absolute atomic E-state index is 0.202. The number of rotatable bonds is 5. The summed E-state index contributed by atoms with van der Waals surface area (Å²) in [6.07, 6.45) is 0.947. The van der Waals surface area contributed by atoms with E-state index in [9.17, 15) is 18.0 Å². The molecule has 4 aliphatic rings. The highest BCUT2D eigenvalue weighted by molar-refractivity contribution is 5.79. The molecule has 2 aromatic rings. The van der Waals surface area contributed by atoms with Crippen LogP contribution in [-0.2, 0) is 11.0 Å². The third-order valence-electron chi connectivity index (χ3n) is 7.61. The van der Waals surface area contributed by atoms with Crippen LogP contribution >= 0.6 is 0 Å². The molecule has 3 saturated heterocycles. The van der Waals surface area contributed by atoms with Crippen LogP contribution in [-0.4, -0.2) is 46.5 Å². The van der Waals surface area contributed by atoms with Crippen molar-refractivity contribution in [1.29, 1.82) is 0 Å². The van der Waals surface area contributed by atoms with E-state index in [-0.39, 0.29) is 17.7 Å². The first-order valence-corrected chi connectivity index (χ1v) is 11.8. The summed E-state index contributed by atoms with van der Waals surface area (Å²) in [5.74, 6) is 1.79. The van der Waals surface area contributed by atoms with E-state index in [1.54, 1.807) is 0 Å². The average molecular weight is 459 g/mol. The van der Waals surface area contributed by atoms with Crippen LogP contribution in [0.2, 0.25) is 0 Å². The van der Waals surface area contributed by atoms with Gasteiger partial charge < -0.3 is 5.32 Å². The van der Waals surface area contributed by atoms with Crippen LogP contribution in [0.1, 0.15) is 55.1 Å². The molecule has 1 aromatic heterocycles. The minimum Gasteiger partial charge on any atom is -0.354 e. The number of halogens is 3. The highest BCUT2D eigenvalue weighted by atomic mass is 19.4. The standard InChI is InChI=1S/C25H29F3N4O/c1-15-30-22(16-5-7-19(8-6-16)25(26,27)28)12-23(31-15)21-14-32-10-9-18(21)11-20(32)13-29-24(33)17-3-2-4-17/h5-8,12,17-18,20-21H,2-4,9-11,13-14H2,1H3,(H,29,33)/t18-,20+,21-/m0/s1. The van der Waals surface area contributed by atoms with Crippen LogP contribution < -0.4 is 5.32 Å². The van der Waals surface area contributed by atoms with Gasteiger partial charge in [-0.25, -0.2) is 9.97 Å². The van der Waals surface area contributed by atoms with E-state index in [1.165, 1.54) is 12.1 Å². The Morgan fingerprint density at radius 1 is 1.15 bits per heavy atom. The Balaban J connectivity index is 1.29. The van der Waals surface area contributed by atoms with Gasteiger partial charge in [0.25, 0.3) is 0 Å². The Hall–Kier alpha value is -2.48. The zero-order valence-electron chi connectivity index (χ0n) is 18.7. The van der Waals surface area contributed by atoms with E-state index in [2.05, 4.69) is 15.2 Å². The van der Waals surface area contributed by atoms with Crippen LogP contribution in [0, 0.1) is 18.8 Å². The normalized spacial score (nSPS) is 27.3. The van der Waals surface area contributed by atoms with Gasteiger partial charge in [-0.2, -0.15) is 13.2 Å². The third kappa shape index (κ3) is 4.63. The predicted molar refractivity (Wildman–Crippen MR) is 118 cm³/mol. The molecular weight excluding hydrogens is 429 g/mol. The van der Waals surface area contributed by atoms with Crippen molar-refractivity contribution in [3.63, 3.8) is 0 Å². The summed E-state index contributed by atoms with van der Waals surface area (Å²) in [5, 5.41) is 3.16. The maximum absolute atomic E-state index is 12.9. The number of carbonyl (C=O) groups excluding carboxylic acids is 1. The maximum atomic E-state index is 12.9. The topological polar surface area (TPSA) is 58.1 Å². The molecule has 1 saturated carbocycles. The monoisotopic (exact) mass is 458 g/mol. The second kappa shape index (κ2) is 8.70. The van der Waals surface area contributed by atoms with Crippen molar-refractivity contribution in [2.24, 2.45) is 11.8 Å². The van der Waals surface area contributed by atoms with Crippen molar-refractivity contribution >= 4 is 5.91 Å². The molecule has 1 aromatic carbocycles. The van der Waals surface area contributed by atoms with Crippen LogP contribution in [0.3, 0.4) is 0 Å². The highest BCUT2D eigenvalue weighted by Gasteiger charge is 2.41. The Labute approximate surface area is 191 Å². The second-order valence-corrected chi connectivity index (χ2v) is 9.71. The molecule has 5 nitrogen and oxygen atoms in total. The zero-order chi connectivity index (χ0) is 23.2. The molecule has 4 atom stereocenters. The molecule has 176 valence electrons. The number of nitrogens with zero attached hydrogens (tertiary/aromatic N) is 3. The van der Waals surface area contributed by atoms with Crippen LogP contribution in [0.25, 0.3) is 11.3 Å². The summed E-state index contributed by atoms with van der Waals surface area (Å²) < 4.78 is 38.8. The molecule has 2 bridgehead atoms. The average Bonchev–Trinajstić information content (AvgIpc) is 2.76. The molecule has 1 amide bonds. The number of nitrogens with one attached hydrogen (secondary N) is 1. The van der Waals surface area contributed by atoms with Gasteiger partial charge in [0, 0.05) is 42.2 Å². The van der Waals surface area contributed by atoms with Crippen LogP contribution in [0.5, 0.6) is 0 Å². The number of carbonyl (C=O) groups is 1. The van der Waals surface area contributed by atoms with E-state index < -0.39 is 11.7 Å². The van der Waals surface area contributed by atoms with Gasteiger partial charge >= 0.3 is 6.18 Å². The van der Waals surface area contributed by atoms with Gasteiger partial charge in [0.1, 0.15) is 5.82 Å². The fourth-order valence-corrected chi connectivity index (χ4v) is 5.48. The molecule has 0 radical (unpaired) electrons. The lowest BCUT2D eigenvalue weighted by atomic mass is 9.74. The van der Waals surface area contributed by atoms with E-state index in [0.29, 0.717) is 35.6 Å². The van der Waals surface area contributed by atoms with Crippen molar-refractivity contribution in [3.05, 3.63) is 47.4 Å². The maximum Gasteiger partial charge on any atom is 0.416 e. The Morgan fingerprint density at radius 3 is 2.52 bits per heavy atom. The van der Waals surface area contributed by atoms with E-state index in [0.717, 1.165) is 63.0 Å². The fourth-order valence-electron chi connectivity index (χ4n) is 5.48. The smallest absolute Gasteiger partial charge is 0.354 e. The summed E-state index contributed by atoms with van der Waals surface area (Å²) in [6, 6.07) is 7.46. The third-order valence-corrected chi connectivity index (χ3v) is 7.61. The van der Waals surface area contributed by atoms with Gasteiger partial charge in [-0.15, -0.1) is 0 Å². The fraction of sp³-hybridized carbons (Fsp3) is 0.560. The Morgan fingerprint density at radius 2 is 1.91 bits per heavy atom. The first kappa shape index (κ1) is 22.3. The van der Waals surface area contributed by atoms with Gasteiger partial charge in [0.15, 0.2) is 0 Å². The first-order chi connectivity index (χ1) is 15.8. The molecule has 3 aliphatic heterocycles. The van der Waals surface area contributed by atoms with Crippen molar-refractivity contribution in [1.82, 2.24) is 20.2 Å². The number of benzene rings is 1. The van der Waals surface area contributed by atoms with Crippen molar-refractivity contribution in [2.45, 2.75) is 57.2 Å². The number of alkyl halides is 3. The summed E-state index contributed by atoms with van der Waals surface area (Å²) in [4.78, 5) is 23.9. The van der Waals surface area contributed by atoms with E-state index in [1.807, 2.05) is 13.0 Å². The molecule has 1 unspecified atom stereocenters. The lowest BCUT2D eigenvalue weighted by Gasteiger charge is -2.50. The van der Waals surface area contributed by atoms with Crippen molar-refractivity contribution < 1.29 is 18.0 Å². The Bertz CT molecular complexity index is 1020. The molecule has 0 spiro atoms. The lowest BCUT2D eigenvalue weighted by molar-refractivity contribution is -0.137. The number of hydrogen-bond acceptors (Lipinski definition) is 4. The zero-order valence-corrected chi connectivity index (χ0v) is 18.7. The van der Waals surface area contributed by atoms with Crippen molar-refractivity contribution in [3.8, 4) is 11.3 Å². The summed E-state index contributed by atoms with van der Waals surface area (Å²) in [6.45, 7) is 4.45. The number of aromatic nitrogens is 2. The summed E-state index contributed by atoms with van der Waals surface area (Å²) in [7, 11) is 0. The quantitative estimate of drug-likeness (QED) is 0.714. The van der Waals surface area contributed by atoms with E-state index >= 15 is 0 Å². The van der Waals surface area contributed by atoms with Gasteiger partial charge in [0.2, 0.25) is 5.91 Å². The Kier molecular flexibility index (Phi) is 5.89. The highest BCUT2D eigenvalue weighted by Crippen LogP contribution is 2.42. The van der Waals surface area contributed by atoms with Crippen LogP contribution in [0.4, 0.5) is 13.2 Å². The number of hydrogen-bond donors (Lipinski definition) is 1. The number of aryl methyl sites for hydroxylation is 1. The van der Waals surface area contributed by atoms with E-state index in [4.69, 9.17) is 4.98 Å². The second-order valence-electron chi connectivity index (χ2n) is 9.71. The summed E-state index contributed by atoms with van der Waals surface area (Å²) >= 11 is 0. The van der Waals surface area contributed by atoms with Gasteiger partial charge in [-0.1, -0.05) is 18.6 Å². The van der Waals surface area contributed by atoms with Gasteiger partial charge in [-0.05, 0) is 63.3 Å². The molecule has 1 N–H and O–H groups in total. The van der Waals surface area contributed by atoms with Crippen molar-refractivity contribution in [2.75, 3.05) is 19.6 Å². The molecule has 33 heavy (non-hydrogen) atoms. The molecule has 4 fully saturated rings. The molecule has 1 aliphatic carbocycles. The largest absolute Gasteiger partial charge is 0.416 e. The summed E-state index contributed by atoms with van der Waals surface area (Å²) in [5.41, 5.74) is 1.62. The SMILES string of the molecule is Cc1nc(-c2ccc(C(F)(F)F)cc2)cc([C@H]2CN3CC[C@H]2C[C@@H]3CNC(=O)C2CCC2)n1. The van der Waals surface area contributed by atoms with Gasteiger partial charge in [0.05, 0.1) is 11.3 Å². The minimum atomic E-state index is -4.35. The molecule has 4 heterocycles. The van der Waals surface area contributed by atoms with Gasteiger partial charge in [-0.3, -0.25) is 9.69 Å². The number of piperidine rings is 3.